The van der Waals surface area contributed by atoms with Crippen molar-refractivity contribution < 1.29 is 9.21 Å². The molecule has 24 heavy (non-hydrogen) atoms. The van der Waals surface area contributed by atoms with Crippen LogP contribution >= 0.6 is 24.8 Å². The van der Waals surface area contributed by atoms with E-state index < -0.39 is 0 Å². The average Bonchev–Trinajstić information content (AvgIpc) is 3.02. The van der Waals surface area contributed by atoms with E-state index in [1.807, 2.05) is 44.3 Å². The Bertz CT molecular complexity index is 591. The minimum atomic E-state index is 0. The summed E-state index contributed by atoms with van der Waals surface area (Å²) in [5.41, 5.74) is 1.01. The number of hydrogen-bond donors (Lipinski definition) is 2. The molecule has 1 heterocycles. The summed E-state index contributed by atoms with van der Waals surface area (Å²) >= 11 is 0. The lowest BCUT2D eigenvalue weighted by Gasteiger charge is -2.10. The van der Waals surface area contributed by atoms with Crippen LogP contribution in [0.3, 0.4) is 0 Å². The Kier molecular flexibility index (Phi) is 11.1. The quantitative estimate of drug-likeness (QED) is 0.745. The molecule has 0 aliphatic heterocycles. The predicted octanol–water partition coefficient (Wildman–Crippen LogP) is 3.23. The number of aryl methyl sites for hydroxylation is 1. The van der Waals surface area contributed by atoms with Gasteiger partial charge in [-0.3, -0.25) is 4.79 Å². The van der Waals surface area contributed by atoms with Crippen molar-refractivity contribution in [2.45, 2.75) is 32.2 Å². The van der Waals surface area contributed by atoms with Crippen LogP contribution in [0.1, 0.15) is 25.7 Å². The highest BCUT2D eigenvalue weighted by Crippen LogP contribution is 2.20. The third kappa shape index (κ3) is 7.34. The van der Waals surface area contributed by atoms with Crippen LogP contribution in [0.25, 0.3) is 11.3 Å². The molecule has 1 unspecified atom stereocenters. The average molecular weight is 374 g/mol. The first-order chi connectivity index (χ1) is 10.7. The van der Waals surface area contributed by atoms with E-state index in [2.05, 4.69) is 15.6 Å². The number of oxazole rings is 1. The number of benzene rings is 1. The maximum atomic E-state index is 11.7. The summed E-state index contributed by atoms with van der Waals surface area (Å²) in [6.07, 6.45) is 3.62. The zero-order valence-corrected chi connectivity index (χ0v) is 15.6. The van der Waals surface area contributed by atoms with Crippen molar-refractivity contribution in [2.24, 2.45) is 0 Å². The second-order valence-corrected chi connectivity index (χ2v) is 5.33. The van der Waals surface area contributed by atoms with E-state index >= 15 is 0 Å². The number of halogens is 2. The molecule has 2 rings (SSSR count). The van der Waals surface area contributed by atoms with Crippen LogP contribution in [0.4, 0.5) is 0 Å². The summed E-state index contributed by atoms with van der Waals surface area (Å²) in [7, 11) is 1.88. The molecule has 134 valence electrons. The molecule has 1 aromatic heterocycles. The largest absolute Gasteiger partial charge is 0.441 e. The summed E-state index contributed by atoms with van der Waals surface area (Å²) in [4.78, 5) is 16.0. The molecule has 2 N–H and O–H groups in total. The molecule has 0 aliphatic rings. The van der Waals surface area contributed by atoms with Crippen molar-refractivity contribution >= 4 is 30.7 Å². The lowest BCUT2D eigenvalue weighted by atomic mass is 10.2. The molecule has 0 saturated carbocycles. The summed E-state index contributed by atoms with van der Waals surface area (Å²) in [5.74, 6) is 1.51. The van der Waals surface area contributed by atoms with Crippen LogP contribution < -0.4 is 10.6 Å². The number of aromatic nitrogens is 1. The first-order valence-corrected chi connectivity index (χ1v) is 7.63. The molecule has 0 fully saturated rings. The third-order valence-electron chi connectivity index (χ3n) is 3.50. The molecule has 0 bridgehead atoms. The van der Waals surface area contributed by atoms with Gasteiger partial charge in [-0.05, 0) is 20.4 Å². The molecule has 0 spiro atoms. The number of rotatable bonds is 8. The Balaban J connectivity index is 0.00000264. The highest BCUT2D eigenvalue weighted by Gasteiger charge is 2.08. The number of carbonyl (C=O) groups is 1. The predicted molar refractivity (Wildman–Crippen MR) is 101 cm³/mol. The van der Waals surface area contributed by atoms with E-state index in [1.54, 1.807) is 6.20 Å². The number of hydrogen-bond acceptors (Lipinski definition) is 4. The van der Waals surface area contributed by atoms with Crippen LogP contribution in [-0.4, -0.2) is 30.5 Å². The van der Waals surface area contributed by atoms with E-state index in [0.717, 1.165) is 17.7 Å². The minimum Gasteiger partial charge on any atom is -0.441 e. The van der Waals surface area contributed by atoms with Gasteiger partial charge in [0.05, 0.1) is 6.20 Å². The van der Waals surface area contributed by atoms with Gasteiger partial charge in [0, 0.05) is 31.0 Å². The number of nitrogens with zero attached hydrogens (tertiary/aromatic N) is 1. The van der Waals surface area contributed by atoms with Gasteiger partial charge in [0.15, 0.2) is 11.7 Å². The van der Waals surface area contributed by atoms with Crippen molar-refractivity contribution in [2.75, 3.05) is 13.6 Å². The zero-order chi connectivity index (χ0) is 15.8. The number of likely N-dealkylation sites (N-methyl/N-ethyl adjacent to an activating group) is 1. The van der Waals surface area contributed by atoms with Gasteiger partial charge in [-0.15, -0.1) is 24.8 Å². The first kappa shape index (κ1) is 22.4. The minimum absolute atomic E-state index is 0. The molecule has 0 radical (unpaired) electrons. The molecule has 5 nitrogen and oxygen atoms in total. The van der Waals surface area contributed by atoms with Gasteiger partial charge in [-0.2, -0.15) is 0 Å². The number of amides is 1. The van der Waals surface area contributed by atoms with Crippen molar-refractivity contribution in [3.63, 3.8) is 0 Å². The Morgan fingerprint density at radius 1 is 1.25 bits per heavy atom. The van der Waals surface area contributed by atoms with E-state index in [9.17, 15) is 4.79 Å². The first-order valence-electron chi connectivity index (χ1n) is 7.63. The maximum absolute atomic E-state index is 11.7. The van der Waals surface area contributed by atoms with Crippen LogP contribution in [0.5, 0.6) is 0 Å². The van der Waals surface area contributed by atoms with E-state index in [4.69, 9.17) is 4.42 Å². The van der Waals surface area contributed by atoms with Crippen molar-refractivity contribution in [1.29, 1.82) is 0 Å². The SMILES string of the molecule is CNC(C)CNC(=O)CCCc1ncc(-c2ccccc2)o1.Cl.Cl. The third-order valence-corrected chi connectivity index (χ3v) is 3.50. The molecule has 1 aromatic carbocycles. The standard InChI is InChI=1S/C17H23N3O2.2ClH/c1-13(18-2)11-19-16(21)9-6-10-17-20-12-15(22-17)14-7-4-3-5-8-14;;/h3-5,7-8,12-13,18H,6,9-11H2,1-2H3,(H,19,21);2*1H. The van der Waals surface area contributed by atoms with Crippen molar-refractivity contribution in [1.82, 2.24) is 15.6 Å². The normalized spacial score (nSPS) is 11.1. The maximum Gasteiger partial charge on any atom is 0.220 e. The van der Waals surface area contributed by atoms with Gasteiger partial charge in [-0.25, -0.2) is 4.98 Å². The van der Waals surface area contributed by atoms with Gasteiger partial charge in [0.2, 0.25) is 5.91 Å². The zero-order valence-electron chi connectivity index (χ0n) is 14.0. The lowest BCUT2D eigenvalue weighted by molar-refractivity contribution is -0.121. The van der Waals surface area contributed by atoms with Gasteiger partial charge < -0.3 is 15.1 Å². The van der Waals surface area contributed by atoms with Crippen LogP contribution in [-0.2, 0) is 11.2 Å². The fourth-order valence-corrected chi connectivity index (χ4v) is 2.02. The Hall–Kier alpha value is -1.56. The molecular formula is C17H25Cl2N3O2. The number of nitrogens with one attached hydrogen (secondary N) is 2. The van der Waals surface area contributed by atoms with Crippen LogP contribution in [0.15, 0.2) is 40.9 Å². The second kappa shape index (κ2) is 11.9. The Morgan fingerprint density at radius 3 is 2.62 bits per heavy atom. The van der Waals surface area contributed by atoms with Crippen molar-refractivity contribution in [3.05, 3.63) is 42.4 Å². The van der Waals surface area contributed by atoms with E-state index in [-0.39, 0.29) is 36.8 Å². The summed E-state index contributed by atoms with van der Waals surface area (Å²) in [6.45, 7) is 2.67. The van der Waals surface area contributed by atoms with Gasteiger partial charge in [0.25, 0.3) is 0 Å². The molecule has 7 heteroatoms. The molecule has 0 aliphatic carbocycles. The molecule has 1 amide bonds. The Labute approximate surface area is 155 Å². The monoisotopic (exact) mass is 373 g/mol. The second-order valence-electron chi connectivity index (χ2n) is 5.33. The lowest BCUT2D eigenvalue weighted by Crippen LogP contribution is -2.37. The van der Waals surface area contributed by atoms with E-state index in [0.29, 0.717) is 25.3 Å². The van der Waals surface area contributed by atoms with Gasteiger partial charge in [0.1, 0.15) is 0 Å². The summed E-state index contributed by atoms with van der Waals surface area (Å²) in [5, 5.41) is 5.98. The van der Waals surface area contributed by atoms with Crippen LogP contribution in [0, 0.1) is 0 Å². The fourth-order valence-electron chi connectivity index (χ4n) is 2.02. The highest BCUT2D eigenvalue weighted by atomic mass is 35.5. The summed E-state index contributed by atoms with van der Waals surface area (Å²) in [6, 6.07) is 10.2. The smallest absolute Gasteiger partial charge is 0.220 e. The molecule has 1 atom stereocenters. The highest BCUT2D eigenvalue weighted by molar-refractivity contribution is 5.85. The molecular weight excluding hydrogens is 349 g/mol. The molecule has 0 saturated heterocycles. The van der Waals surface area contributed by atoms with Crippen molar-refractivity contribution in [3.8, 4) is 11.3 Å². The molecule has 2 aromatic rings. The summed E-state index contributed by atoms with van der Waals surface area (Å²) < 4.78 is 5.71. The van der Waals surface area contributed by atoms with E-state index in [1.165, 1.54) is 0 Å². The topological polar surface area (TPSA) is 67.2 Å². The van der Waals surface area contributed by atoms with Gasteiger partial charge >= 0.3 is 0 Å². The number of carbonyl (C=O) groups excluding carboxylic acids is 1. The van der Waals surface area contributed by atoms with Gasteiger partial charge in [-0.1, -0.05) is 30.3 Å². The fraction of sp³-hybridized carbons (Fsp3) is 0.412. The van der Waals surface area contributed by atoms with Crippen LogP contribution in [0.2, 0.25) is 0 Å². The Morgan fingerprint density at radius 2 is 1.96 bits per heavy atom.